The fourth-order valence-corrected chi connectivity index (χ4v) is 0.206. The molecule has 0 aromatic carbocycles. The second-order valence-electron chi connectivity index (χ2n) is 1.30. The topological polar surface area (TPSA) is 106 Å². The van der Waals surface area contributed by atoms with Crippen molar-refractivity contribution in [3.05, 3.63) is 11.8 Å². The average Bonchev–Trinajstić information content (AvgIpc) is 1.63. The van der Waals surface area contributed by atoms with Crippen molar-refractivity contribution in [3.63, 3.8) is 0 Å². The Morgan fingerprint density at radius 3 is 1.89 bits per heavy atom. The Morgan fingerprint density at radius 1 is 1.33 bits per heavy atom. The molecule has 0 radical (unpaired) electrons. The van der Waals surface area contributed by atoms with E-state index in [2.05, 4.69) is 11.5 Å². The van der Waals surface area contributed by atoms with Gasteiger partial charge in [-0.2, -0.15) is 0 Å². The number of amides is 2. The summed E-state index contributed by atoms with van der Waals surface area (Å²) < 4.78 is 0. The highest BCUT2D eigenvalue weighted by Crippen LogP contribution is 1.82. The molecule has 0 aliphatic carbocycles. The number of aliphatic hydroxyl groups is 1. The maximum atomic E-state index is 9.93. The number of carbonyl (C=O) groups is 2. The van der Waals surface area contributed by atoms with Gasteiger partial charge in [0.25, 0.3) is 5.91 Å². The summed E-state index contributed by atoms with van der Waals surface area (Å²) in [6.45, 7) is 0. The van der Waals surface area contributed by atoms with Crippen molar-refractivity contribution in [2.45, 2.75) is 0 Å². The summed E-state index contributed by atoms with van der Waals surface area (Å²) in [6, 6.07) is 0. The van der Waals surface area contributed by atoms with Gasteiger partial charge in [0, 0.05) is 0 Å². The van der Waals surface area contributed by atoms with Crippen LogP contribution in [0.15, 0.2) is 11.8 Å². The van der Waals surface area contributed by atoms with Crippen LogP contribution in [0.1, 0.15) is 0 Å². The van der Waals surface area contributed by atoms with Crippen molar-refractivity contribution >= 4 is 11.8 Å². The smallest absolute Gasteiger partial charge is 0.283 e. The molecule has 0 saturated heterocycles. The Balaban J connectivity index is 4.17. The largest absolute Gasteiger partial charge is 0.503 e. The van der Waals surface area contributed by atoms with E-state index >= 15 is 0 Å². The third-order valence-corrected chi connectivity index (χ3v) is 0.531. The number of aliphatic hydroxyl groups excluding tert-OH is 1. The van der Waals surface area contributed by atoms with Crippen LogP contribution in [0, 0.1) is 0 Å². The number of nitrogens with two attached hydrogens (primary N) is 2. The molecule has 0 spiro atoms. The van der Waals surface area contributed by atoms with Gasteiger partial charge in [-0.15, -0.1) is 0 Å². The van der Waals surface area contributed by atoms with Crippen LogP contribution in [0.5, 0.6) is 0 Å². The van der Waals surface area contributed by atoms with E-state index in [4.69, 9.17) is 5.11 Å². The lowest BCUT2D eigenvalue weighted by molar-refractivity contribution is -0.118. The van der Waals surface area contributed by atoms with Crippen LogP contribution in [-0.4, -0.2) is 16.9 Å². The lowest BCUT2D eigenvalue weighted by Gasteiger charge is -1.87. The zero-order chi connectivity index (χ0) is 7.44. The maximum Gasteiger partial charge on any atom is 0.283 e. The number of hydrogen-bond donors (Lipinski definition) is 3. The molecular weight excluding hydrogens is 124 g/mol. The molecule has 0 saturated carbocycles. The van der Waals surface area contributed by atoms with Crippen molar-refractivity contribution < 1.29 is 14.7 Å². The van der Waals surface area contributed by atoms with Crippen molar-refractivity contribution in [2.75, 3.05) is 0 Å². The first-order chi connectivity index (χ1) is 4.04. The summed E-state index contributed by atoms with van der Waals surface area (Å²) in [5.74, 6) is -2.82. The van der Waals surface area contributed by atoms with E-state index in [9.17, 15) is 9.59 Å². The minimum Gasteiger partial charge on any atom is -0.503 e. The van der Waals surface area contributed by atoms with Crippen LogP contribution in [0.2, 0.25) is 0 Å². The lowest BCUT2D eigenvalue weighted by atomic mass is 10.4. The van der Waals surface area contributed by atoms with Crippen LogP contribution in [0.4, 0.5) is 0 Å². The summed E-state index contributed by atoms with van der Waals surface area (Å²) in [7, 11) is 0. The van der Waals surface area contributed by atoms with Gasteiger partial charge < -0.3 is 16.6 Å². The lowest BCUT2D eigenvalue weighted by Crippen LogP contribution is -2.17. The van der Waals surface area contributed by atoms with E-state index in [1.807, 2.05) is 0 Å². The average molecular weight is 130 g/mol. The normalized spacial score (nSPS) is 10.9. The van der Waals surface area contributed by atoms with Crippen molar-refractivity contribution in [2.24, 2.45) is 11.5 Å². The van der Waals surface area contributed by atoms with E-state index in [1.165, 1.54) is 0 Å². The maximum absolute atomic E-state index is 9.93. The third kappa shape index (κ3) is 3.10. The zero-order valence-electron chi connectivity index (χ0n) is 4.50. The third-order valence-electron chi connectivity index (χ3n) is 0.531. The standard InChI is InChI=1S/C4H6N2O3/c5-3(8)1-2(7)4(6)9/h1,7H,(H2,5,8)(H2,6,9)/b2-1-. The molecule has 50 valence electrons. The fourth-order valence-electron chi connectivity index (χ4n) is 0.206. The molecule has 0 rings (SSSR count). The van der Waals surface area contributed by atoms with Crippen molar-refractivity contribution in [3.8, 4) is 0 Å². The van der Waals surface area contributed by atoms with Crippen LogP contribution in [-0.2, 0) is 9.59 Å². The van der Waals surface area contributed by atoms with Crippen LogP contribution >= 0.6 is 0 Å². The molecule has 5 heteroatoms. The summed E-state index contributed by atoms with van der Waals surface area (Å²) in [5.41, 5.74) is 9.07. The Labute approximate surface area is 50.9 Å². The summed E-state index contributed by atoms with van der Waals surface area (Å²) in [4.78, 5) is 19.8. The van der Waals surface area contributed by atoms with E-state index < -0.39 is 17.6 Å². The number of rotatable bonds is 2. The summed E-state index contributed by atoms with van der Waals surface area (Å²) >= 11 is 0. The van der Waals surface area contributed by atoms with Gasteiger partial charge in [0.15, 0.2) is 5.76 Å². The molecule has 0 unspecified atom stereocenters. The molecule has 0 aliphatic rings. The predicted molar refractivity (Wildman–Crippen MR) is 29.1 cm³/mol. The molecule has 0 heterocycles. The number of primary amides is 2. The Morgan fingerprint density at radius 2 is 1.78 bits per heavy atom. The van der Waals surface area contributed by atoms with Crippen molar-refractivity contribution in [1.82, 2.24) is 0 Å². The van der Waals surface area contributed by atoms with E-state index in [1.54, 1.807) is 0 Å². The molecule has 5 N–H and O–H groups in total. The Hall–Kier alpha value is -1.52. The molecule has 0 atom stereocenters. The Kier molecular flexibility index (Phi) is 2.25. The van der Waals surface area contributed by atoms with Gasteiger partial charge in [-0.25, -0.2) is 0 Å². The van der Waals surface area contributed by atoms with Crippen LogP contribution in [0.25, 0.3) is 0 Å². The highest BCUT2D eigenvalue weighted by molar-refractivity contribution is 5.97. The van der Waals surface area contributed by atoms with Gasteiger partial charge in [-0.1, -0.05) is 0 Å². The summed E-state index contributed by atoms with van der Waals surface area (Å²) in [6.07, 6.45) is 0.544. The van der Waals surface area contributed by atoms with Gasteiger partial charge in [-0.05, 0) is 0 Å². The first-order valence-corrected chi connectivity index (χ1v) is 2.04. The van der Waals surface area contributed by atoms with Gasteiger partial charge >= 0.3 is 0 Å². The van der Waals surface area contributed by atoms with Crippen LogP contribution in [0.3, 0.4) is 0 Å². The molecule has 0 aliphatic heterocycles. The summed E-state index contributed by atoms with van der Waals surface area (Å²) in [5, 5.41) is 8.38. The second-order valence-corrected chi connectivity index (χ2v) is 1.30. The zero-order valence-corrected chi connectivity index (χ0v) is 4.50. The molecule has 0 bridgehead atoms. The molecular formula is C4H6N2O3. The quantitative estimate of drug-likeness (QED) is 0.309. The molecule has 0 fully saturated rings. The SMILES string of the molecule is NC(=O)/C=C(\O)C(N)=O. The number of hydrogen-bond acceptors (Lipinski definition) is 3. The number of carbonyl (C=O) groups excluding carboxylic acids is 2. The molecule has 0 aromatic rings. The van der Waals surface area contributed by atoms with Gasteiger partial charge in [0.1, 0.15) is 0 Å². The first-order valence-electron chi connectivity index (χ1n) is 2.04. The van der Waals surface area contributed by atoms with Crippen molar-refractivity contribution in [1.29, 1.82) is 0 Å². The Bertz CT molecular complexity index is 173. The van der Waals surface area contributed by atoms with E-state index in [-0.39, 0.29) is 0 Å². The van der Waals surface area contributed by atoms with E-state index in [0.29, 0.717) is 6.08 Å². The minimum absolute atomic E-state index is 0.544. The minimum atomic E-state index is -1.08. The molecule has 9 heavy (non-hydrogen) atoms. The molecule has 5 nitrogen and oxygen atoms in total. The molecule has 2 amide bonds. The highest BCUT2D eigenvalue weighted by atomic mass is 16.3. The fraction of sp³-hybridized carbons (Fsp3) is 0. The van der Waals surface area contributed by atoms with Gasteiger partial charge in [0.05, 0.1) is 6.08 Å². The van der Waals surface area contributed by atoms with E-state index in [0.717, 1.165) is 0 Å². The van der Waals surface area contributed by atoms with Gasteiger partial charge in [-0.3, -0.25) is 9.59 Å². The first kappa shape index (κ1) is 7.48. The predicted octanol–water partition coefficient (Wildman–Crippen LogP) is -1.60. The molecule has 0 aromatic heterocycles. The van der Waals surface area contributed by atoms with Crippen LogP contribution < -0.4 is 11.5 Å². The second kappa shape index (κ2) is 2.71. The van der Waals surface area contributed by atoms with Gasteiger partial charge in [0.2, 0.25) is 5.91 Å². The monoisotopic (exact) mass is 130 g/mol. The highest BCUT2D eigenvalue weighted by Gasteiger charge is 2.00.